The van der Waals surface area contributed by atoms with Crippen LogP contribution in [-0.4, -0.2) is 42.1 Å². The molecule has 1 amide bonds. The molecule has 1 aromatic carbocycles. The second-order valence-electron chi connectivity index (χ2n) is 9.37. The van der Waals surface area contributed by atoms with E-state index in [0.717, 1.165) is 44.6 Å². The highest BCUT2D eigenvalue weighted by Gasteiger charge is 2.29. The number of rotatable bonds is 5. The number of aliphatic hydroxyl groups is 1. The van der Waals surface area contributed by atoms with E-state index in [2.05, 4.69) is 5.32 Å². The number of nitrogens with two attached hydrogens (primary N) is 1. The van der Waals surface area contributed by atoms with Crippen molar-refractivity contribution in [1.82, 2.24) is 5.32 Å². The SMILES string of the molecule is CC(C)(C)OC(=O)N[C@H]1CCC[C@@H]1CO.N[C@H]1CCC[C@@H]1COc1ccc(F)cc1F. The molecule has 2 aliphatic rings. The van der Waals surface area contributed by atoms with Gasteiger partial charge in [0.1, 0.15) is 11.4 Å². The van der Waals surface area contributed by atoms with E-state index in [1.54, 1.807) is 0 Å². The van der Waals surface area contributed by atoms with Crippen LogP contribution in [-0.2, 0) is 4.74 Å². The molecule has 6 nitrogen and oxygen atoms in total. The molecule has 0 unspecified atom stereocenters. The minimum Gasteiger partial charge on any atom is -0.490 e. The first-order valence-corrected chi connectivity index (χ1v) is 11.0. The maximum Gasteiger partial charge on any atom is 0.407 e. The van der Waals surface area contributed by atoms with E-state index in [9.17, 15) is 13.6 Å². The normalized spacial score (nSPS) is 25.5. The quantitative estimate of drug-likeness (QED) is 0.637. The third-order valence-electron chi connectivity index (χ3n) is 5.66. The molecule has 0 bridgehead atoms. The van der Waals surface area contributed by atoms with Crippen molar-refractivity contribution >= 4 is 6.09 Å². The first kappa shape index (κ1) is 25.3. The second kappa shape index (κ2) is 11.6. The fourth-order valence-corrected chi connectivity index (χ4v) is 3.97. The molecule has 0 radical (unpaired) electrons. The highest BCUT2D eigenvalue weighted by Crippen LogP contribution is 2.26. The van der Waals surface area contributed by atoms with Gasteiger partial charge in [0, 0.05) is 36.6 Å². The largest absolute Gasteiger partial charge is 0.490 e. The van der Waals surface area contributed by atoms with E-state index in [-0.39, 0.29) is 42.4 Å². The van der Waals surface area contributed by atoms with Crippen LogP contribution in [0.1, 0.15) is 59.3 Å². The van der Waals surface area contributed by atoms with E-state index in [0.29, 0.717) is 6.61 Å². The molecule has 8 heteroatoms. The molecule has 0 aliphatic heterocycles. The van der Waals surface area contributed by atoms with Gasteiger partial charge in [0.05, 0.1) is 6.61 Å². The second-order valence-corrected chi connectivity index (χ2v) is 9.37. The monoisotopic (exact) mass is 442 g/mol. The van der Waals surface area contributed by atoms with Gasteiger partial charge < -0.3 is 25.6 Å². The highest BCUT2D eigenvalue weighted by atomic mass is 19.1. The predicted octanol–water partition coefficient (Wildman–Crippen LogP) is 4.14. The summed E-state index contributed by atoms with van der Waals surface area (Å²) in [5.41, 5.74) is 5.41. The van der Waals surface area contributed by atoms with Crippen LogP contribution in [0, 0.1) is 23.5 Å². The Morgan fingerprint density at radius 2 is 1.84 bits per heavy atom. The molecule has 2 saturated carbocycles. The zero-order valence-corrected chi connectivity index (χ0v) is 18.7. The van der Waals surface area contributed by atoms with Crippen LogP contribution in [0.3, 0.4) is 0 Å². The van der Waals surface area contributed by atoms with Crippen LogP contribution in [0.5, 0.6) is 5.75 Å². The number of ether oxygens (including phenoxy) is 2. The van der Waals surface area contributed by atoms with Gasteiger partial charge in [-0.2, -0.15) is 0 Å². The minimum absolute atomic E-state index is 0.0739. The average molecular weight is 443 g/mol. The molecule has 0 aromatic heterocycles. The number of aliphatic hydroxyl groups excluding tert-OH is 1. The van der Waals surface area contributed by atoms with Gasteiger partial charge in [0.15, 0.2) is 11.6 Å². The zero-order valence-electron chi connectivity index (χ0n) is 18.7. The van der Waals surface area contributed by atoms with Gasteiger partial charge in [-0.05, 0) is 58.6 Å². The smallest absolute Gasteiger partial charge is 0.407 e. The lowest BCUT2D eigenvalue weighted by Gasteiger charge is -2.23. The topological polar surface area (TPSA) is 93.8 Å². The van der Waals surface area contributed by atoms with Crippen molar-refractivity contribution in [3.05, 3.63) is 29.8 Å². The zero-order chi connectivity index (χ0) is 23.0. The van der Waals surface area contributed by atoms with Gasteiger partial charge in [-0.3, -0.25) is 0 Å². The Morgan fingerprint density at radius 3 is 2.42 bits per heavy atom. The van der Waals surface area contributed by atoms with E-state index < -0.39 is 17.2 Å². The number of hydrogen-bond donors (Lipinski definition) is 3. The Labute approximate surface area is 183 Å². The summed E-state index contributed by atoms with van der Waals surface area (Å²) in [7, 11) is 0. The molecule has 1 aromatic rings. The number of amides is 1. The van der Waals surface area contributed by atoms with Crippen LogP contribution in [0.2, 0.25) is 0 Å². The van der Waals surface area contributed by atoms with Crippen LogP contribution in [0.15, 0.2) is 18.2 Å². The lowest BCUT2D eigenvalue weighted by Crippen LogP contribution is -2.41. The summed E-state index contributed by atoms with van der Waals surface area (Å²) in [6.07, 6.45) is 5.71. The van der Waals surface area contributed by atoms with Crippen molar-refractivity contribution in [3.63, 3.8) is 0 Å². The van der Waals surface area contributed by atoms with Crippen molar-refractivity contribution in [2.45, 2.75) is 77.0 Å². The summed E-state index contributed by atoms with van der Waals surface area (Å²) in [5, 5.41) is 11.9. The van der Waals surface area contributed by atoms with Crippen molar-refractivity contribution in [2.24, 2.45) is 17.6 Å². The molecular formula is C23H36F2N2O4. The van der Waals surface area contributed by atoms with Gasteiger partial charge in [-0.15, -0.1) is 0 Å². The summed E-state index contributed by atoms with van der Waals surface area (Å²) in [6.45, 7) is 6.06. The van der Waals surface area contributed by atoms with E-state index in [4.69, 9.17) is 20.3 Å². The number of halogens is 2. The molecule has 0 heterocycles. The third kappa shape index (κ3) is 8.61. The fourth-order valence-electron chi connectivity index (χ4n) is 3.97. The van der Waals surface area contributed by atoms with Crippen molar-refractivity contribution in [1.29, 1.82) is 0 Å². The fraction of sp³-hybridized carbons (Fsp3) is 0.696. The summed E-state index contributed by atoms with van der Waals surface area (Å²) in [6, 6.07) is 3.54. The Hall–Kier alpha value is -1.93. The number of alkyl carbamates (subject to hydrolysis) is 1. The number of carbonyl (C=O) groups is 1. The van der Waals surface area contributed by atoms with Gasteiger partial charge in [0.25, 0.3) is 0 Å². The number of nitrogens with one attached hydrogen (secondary N) is 1. The molecule has 4 N–H and O–H groups in total. The summed E-state index contributed by atoms with van der Waals surface area (Å²) >= 11 is 0. The van der Waals surface area contributed by atoms with Gasteiger partial charge in [-0.1, -0.05) is 12.8 Å². The number of hydrogen-bond acceptors (Lipinski definition) is 5. The summed E-state index contributed by atoms with van der Waals surface area (Å²) < 4.78 is 36.3. The van der Waals surface area contributed by atoms with Crippen molar-refractivity contribution in [2.75, 3.05) is 13.2 Å². The predicted molar refractivity (Wildman–Crippen MR) is 115 cm³/mol. The van der Waals surface area contributed by atoms with Crippen LogP contribution in [0.4, 0.5) is 13.6 Å². The Kier molecular flexibility index (Phi) is 9.50. The lowest BCUT2D eigenvalue weighted by atomic mass is 10.1. The molecule has 31 heavy (non-hydrogen) atoms. The lowest BCUT2D eigenvalue weighted by molar-refractivity contribution is 0.0482. The number of carbonyl (C=O) groups excluding carboxylic acids is 1. The molecular weight excluding hydrogens is 406 g/mol. The molecule has 176 valence electrons. The maximum atomic E-state index is 13.2. The molecule has 0 saturated heterocycles. The first-order valence-electron chi connectivity index (χ1n) is 11.0. The molecule has 2 aliphatic carbocycles. The van der Waals surface area contributed by atoms with E-state index in [1.807, 2.05) is 20.8 Å². The molecule has 4 atom stereocenters. The van der Waals surface area contributed by atoms with Crippen molar-refractivity contribution in [3.8, 4) is 5.75 Å². The Balaban J connectivity index is 0.000000221. The standard InChI is InChI=1S/C12H15F2NO.C11H21NO3/c13-9-4-5-12(10(14)6-9)16-7-8-2-1-3-11(8)15;1-11(2,3)15-10(14)12-9-6-4-5-8(9)7-13/h4-6,8,11H,1-3,7,15H2;8-9,13H,4-7H2,1-3H3,(H,12,14)/t8-,11+;8-,9+/m11/s1. The summed E-state index contributed by atoms with van der Waals surface area (Å²) in [4.78, 5) is 11.5. The maximum absolute atomic E-state index is 13.2. The molecule has 0 spiro atoms. The van der Waals surface area contributed by atoms with Crippen LogP contribution >= 0.6 is 0 Å². The van der Waals surface area contributed by atoms with Gasteiger partial charge in [-0.25, -0.2) is 13.6 Å². The summed E-state index contributed by atoms with van der Waals surface area (Å²) in [5.74, 6) is -0.684. The van der Waals surface area contributed by atoms with E-state index >= 15 is 0 Å². The van der Waals surface area contributed by atoms with Gasteiger partial charge in [0.2, 0.25) is 0 Å². The van der Waals surface area contributed by atoms with Crippen molar-refractivity contribution < 1.29 is 28.2 Å². The van der Waals surface area contributed by atoms with Crippen LogP contribution in [0.25, 0.3) is 0 Å². The Bertz CT molecular complexity index is 711. The first-order chi connectivity index (χ1) is 14.6. The Morgan fingerprint density at radius 1 is 1.16 bits per heavy atom. The minimum atomic E-state index is -0.661. The van der Waals surface area contributed by atoms with Crippen LogP contribution < -0.4 is 15.8 Å². The third-order valence-corrected chi connectivity index (χ3v) is 5.66. The molecule has 2 fully saturated rings. The average Bonchev–Trinajstić information content (AvgIpc) is 3.28. The van der Waals surface area contributed by atoms with Gasteiger partial charge >= 0.3 is 6.09 Å². The van der Waals surface area contributed by atoms with E-state index in [1.165, 1.54) is 12.1 Å². The highest BCUT2D eigenvalue weighted by molar-refractivity contribution is 5.68. The molecule has 3 rings (SSSR count). The number of benzene rings is 1.